The lowest BCUT2D eigenvalue weighted by molar-refractivity contribution is -0.124. The van der Waals surface area contributed by atoms with Crippen LogP contribution in [0.25, 0.3) is 0 Å². The number of nitrogens with zero attached hydrogens (tertiary/aromatic N) is 1. The maximum absolute atomic E-state index is 12.6. The van der Waals surface area contributed by atoms with Gasteiger partial charge in [0.25, 0.3) is 0 Å². The van der Waals surface area contributed by atoms with Crippen molar-refractivity contribution in [3.8, 4) is 0 Å². The van der Waals surface area contributed by atoms with Crippen LogP contribution < -0.4 is 11.1 Å². The number of nitrogens with two attached hydrogens (primary N) is 1. The molecule has 1 aromatic carbocycles. The second-order valence-corrected chi connectivity index (χ2v) is 5.23. The summed E-state index contributed by atoms with van der Waals surface area (Å²) in [7, 11) is 0. The highest BCUT2D eigenvalue weighted by atomic mass is 16.2. The normalized spacial score (nSPS) is 16.2. The minimum absolute atomic E-state index is 0.0431. The summed E-state index contributed by atoms with van der Waals surface area (Å²) in [5.74, 6) is 0.492. The zero-order chi connectivity index (χ0) is 14.0. The van der Waals surface area contributed by atoms with Gasteiger partial charge in [0.1, 0.15) is 5.82 Å². The highest BCUT2D eigenvalue weighted by molar-refractivity contribution is 5.99. The smallest absolute Gasteiger partial charge is 0.235 e. The maximum atomic E-state index is 12.6. The molecule has 1 aliphatic carbocycles. The molecule has 1 heterocycles. The first-order chi connectivity index (χ1) is 9.71. The molecular weight excluding hydrogens is 250 g/mol. The first-order valence-electron chi connectivity index (χ1n) is 6.79. The van der Waals surface area contributed by atoms with Gasteiger partial charge < -0.3 is 11.1 Å². The van der Waals surface area contributed by atoms with E-state index in [0.717, 1.165) is 24.8 Å². The van der Waals surface area contributed by atoms with Gasteiger partial charge in [0, 0.05) is 0 Å². The SMILES string of the molecule is Nc1ccc(NC(=O)C2(c3ccccc3)CCC2)cn1. The molecule has 4 heteroatoms. The number of anilines is 2. The van der Waals surface area contributed by atoms with Crippen LogP contribution in [0, 0.1) is 0 Å². The average Bonchev–Trinajstić information content (AvgIpc) is 2.41. The van der Waals surface area contributed by atoms with Crippen LogP contribution in [0.2, 0.25) is 0 Å². The van der Waals surface area contributed by atoms with Gasteiger partial charge in [-0.1, -0.05) is 36.8 Å². The molecule has 20 heavy (non-hydrogen) atoms. The largest absolute Gasteiger partial charge is 0.384 e. The summed E-state index contributed by atoms with van der Waals surface area (Å²) in [4.78, 5) is 16.6. The van der Waals surface area contributed by atoms with Crippen LogP contribution >= 0.6 is 0 Å². The lowest BCUT2D eigenvalue weighted by Crippen LogP contribution is -2.45. The first kappa shape index (κ1) is 12.7. The third-order valence-corrected chi connectivity index (χ3v) is 4.01. The zero-order valence-corrected chi connectivity index (χ0v) is 11.2. The number of carbonyl (C=O) groups excluding carboxylic acids is 1. The number of amides is 1. The highest BCUT2D eigenvalue weighted by Crippen LogP contribution is 2.44. The quantitative estimate of drug-likeness (QED) is 0.898. The van der Waals surface area contributed by atoms with Crippen molar-refractivity contribution in [1.29, 1.82) is 0 Å². The Balaban J connectivity index is 1.83. The Hall–Kier alpha value is -2.36. The molecule has 0 bridgehead atoms. The van der Waals surface area contributed by atoms with E-state index in [-0.39, 0.29) is 11.3 Å². The number of pyridine rings is 1. The summed E-state index contributed by atoms with van der Waals surface area (Å²) >= 11 is 0. The molecule has 4 nitrogen and oxygen atoms in total. The number of aromatic nitrogens is 1. The van der Waals surface area contributed by atoms with Crippen molar-refractivity contribution in [2.45, 2.75) is 24.7 Å². The van der Waals surface area contributed by atoms with E-state index in [1.54, 1.807) is 18.3 Å². The lowest BCUT2D eigenvalue weighted by atomic mass is 9.64. The predicted octanol–water partition coefficient (Wildman–Crippen LogP) is 2.72. The predicted molar refractivity (Wildman–Crippen MR) is 79.3 cm³/mol. The number of hydrogen-bond donors (Lipinski definition) is 2. The van der Waals surface area contributed by atoms with Gasteiger partial charge >= 0.3 is 0 Å². The van der Waals surface area contributed by atoms with E-state index in [4.69, 9.17) is 5.73 Å². The molecule has 0 spiro atoms. The van der Waals surface area contributed by atoms with E-state index >= 15 is 0 Å². The molecule has 3 N–H and O–H groups in total. The van der Waals surface area contributed by atoms with Gasteiger partial charge in [0.2, 0.25) is 5.91 Å². The third-order valence-electron chi connectivity index (χ3n) is 4.01. The summed E-state index contributed by atoms with van der Waals surface area (Å²) < 4.78 is 0. The molecule has 1 saturated carbocycles. The molecule has 0 aliphatic heterocycles. The molecule has 0 unspecified atom stereocenters. The summed E-state index contributed by atoms with van der Waals surface area (Å²) in [5, 5.41) is 2.95. The van der Waals surface area contributed by atoms with Crippen molar-refractivity contribution in [2.24, 2.45) is 0 Å². The number of carbonyl (C=O) groups is 1. The van der Waals surface area contributed by atoms with E-state index in [1.165, 1.54) is 0 Å². The van der Waals surface area contributed by atoms with Gasteiger partial charge in [-0.05, 0) is 30.5 Å². The molecule has 0 radical (unpaired) electrons. The van der Waals surface area contributed by atoms with Crippen LogP contribution in [-0.2, 0) is 10.2 Å². The van der Waals surface area contributed by atoms with Crippen LogP contribution in [0.5, 0.6) is 0 Å². The van der Waals surface area contributed by atoms with E-state index in [0.29, 0.717) is 11.5 Å². The van der Waals surface area contributed by atoms with Crippen molar-refractivity contribution in [1.82, 2.24) is 4.98 Å². The number of nitrogen functional groups attached to an aromatic ring is 1. The Morgan fingerprint density at radius 3 is 2.45 bits per heavy atom. The Kier molecular flexibility index (Phi) is 3.14. The maximum Gasteiger partial charge on any atom is 0.235 e. The number of hydrogen-bond acceptors (Lipinski definition) is 3. The van der Waals surface area contributed by atoms with Crippen LogP contribution in [0.15, 0.2) is 48.7 Å². The number of benzene rings is 1. The summed E-state index contributed by atoms with van der Waals surface area (Å²) in [6.07, 6.45) is 4.46. The standard InChI is InChI=1S/C16H17N3O/c17-14-8-7-13(11-18-14)19-15(20)16(9-4-10-16)12-5-2-1-3-6-12/h1-3,5-8,11H,4,9-10H2,(H2,17,18)(H,19,20). The van der Waals surface area contributed by atoms with Crippen molar-refractivity contribution in [3.05, 3.63) is 54.2 Å². The van der Waals surface area contributed by atoms with Crippen LogP contribution in [0.1, 0.15) is 24.8 Å². The second kappa shape index (κ2) is 4.96. The molecule has 1 aromatic heterocycles. The fourth-order valence-corrected chi connectivity index (χ4v) is 2.66. The Morgan fingerprint density at radius 1 is 1.15 bits per heavy atom. The molecule has 3 rings (SSSR count). The molecule has 0 atom stereocenters. The molecule has 1 fully saturated rings. The topological polar surface area (TPSA) is 68.0 Å². The lowest BCUT2D eigenvalue weighted by Gasteiger charge is -2.40. The van der Waals surface area contributed by atoms with Crippen molar-refractivity contribution < 1.29 is 4.79 Å². The Labute approximate surface area is 118 Å². The van der Waals surface area contributed by atoms with Gasteiger partial charge in [0.05, 0.1) is 17.3 Å². The molecule has 1 amide bonds. The monoisotopic (exact) mass is 267 g/mol. The van der Waals surface area contributed by atoms with E-state index in [1.807, 2.05) is 30.3 Å². The summed E-state index contributed by atoms with van der Waals surface area (Å²) in [5.41, 5.74) is 6.94. The zero-order valence-electron chi connectivity index (χ0n) is 11.2. The van der Waals surface area contributed by atoms with Gasteiger partial charge in [0.15, 0.2) is 0 Å². The average molecular weight is 267 g/mol. The minimum Gasteiger partial charge on any atom is -0.384 e. The van der Waals surface area contributed by atoms with Gasteiger partial charge in [-0.2, -0.15) is 0 Å². The van der Waals surface area contributed by atoms with Crippen molar-refractivity contribution in [3.63, 3.8) is 0 Å². The van der Waals surface area contributed by atoms with E-state index in [9.17, 15) is 4.79 Å². The molecular formula is C16H17N3O. The minimum atomic E-state index is -0.386. The fourth-order valence-electron chi connectivity index (χ4n) is 2.66. The highest BCUT2D eigenvalue weighted by Gasteiger charge is 2.45. The van der Waals surface area contributed by atoms with Crippen LogP contribution in [-0.4, -0.2) is 10.9 Å². The Bertz CT molecular complexity index is 603. The third kappa shape index (κ3) is 2.13. The Morgan fingerprint density at radius 2 is 1.90 bits per heavy atom. The molecule has 0 saturated heterocycles. The van der Waals surface area contributed by atoms with Crippen molar-refractivity contribution >= 4 is 17.4 Å². The van der Waals surface area contributed by atoms with Crippen LogP contribution in [0.3, 0.4) is 0 Å². The van der Waals surface area contributed by atoms with Gasteiger partial charge in [-0.25, -0.2) is 4.98 Å². The summed E-state index contributed by atoms with van der Waals surface area (Å²) in [6.45, 7) is 0. The van der Waals surface area contributed by atoms with E-state index < -0.39 is 0 Å². The molecule has 1 aliphatic rings. The van der Waals surface area contributed by atoms with Gasteiger partial charge in [-0.15, -0.1) is 0 Å². The van der Waals surface area contributed by atoms with Gasteiger partial charge in [-0.3, -0.25) is 4.79 Å². The first-order valence-corrected chi connectivity index (χ1v) is 6.79. The second-order valence-electron chi connectivity index (χ2n) is 5.23. The van der Waals surface area contributed by atoms with Crippen molar-refractivity contribution in [2.75, 3.05) is 11.1 Å². The number of nitrogens with one attached hydrogen (secondary N) is 1. The van der Waals surface area contributed by atoms with E-state index in [2.05, 4.69) is 10.3 Å². The molecule has 2 aromatic rings. The molecule has 102 valence electrons. The van der Waals surface area contributed by atoms with Crippen LogP contribution in [0.4, 0.5) is 11.5 Å². The number of rotatable bonds is 3. The summed E-state index contributed by atoms with van der Waals surface area (Å²) in [6, 6.07) is 13.4. The fraction of sp³-hybridized carbons (Fsp3) is 0.250.